The maximum Gasteiger partial charge on any atom is 0.254 e. The zero-order chi connectivity index (χ0) is 17.9. The largest absolute Gasteiger partial charge is 0.490 e. The van der Waals surface area contributed by atoms with Gasteiger partial charge >= 0.3 is 0 Å². The van der Waals surface area contributed by atoms with Crippen LogP contribution in [0.4, 0.5) is 0 Å². The Morgan fingerprint density at radius 2 is 2.08 bits per heavy atom. The van der Waals surface area contributed by atoms with Gasteiger partial charge in [0.2, 0.25) is 0 Å². The minimum absolute atomic E-state index is 0.0359. The third kappa shape index (κ3) is 3.46. The monoisotopic (exact) mass is 349 g/mol. The number of fused-ring (bicyclic) bond motifs is 1. The van der Waals surface area contributed by atoms with Gasteiger partial charge in [0.15, 0.2) is 11.5 Å². The molecule has 2 fully saturated rings. The van der Waals surface area contributed by atoms with Crippen molar-refractivity contribution in [2.45, 2.75) is 20.3 Å². The van der Waals surface area contributed by atoms with Gasteiger partial charge in [-0.05, 0) is 38.5 Å². The van der Waals surface area contributed by atoms with Crippen LogP contribution in [0.3, 0.4) is 0 Å². The first kappa shape index (κ1) is 18.0. The predicted molar refractivity (Wildman–Crippen MR) is 93.1 cm³/mol. The molecule has 3 rings (SSSR count). The molecule has 1 amide bonds. The molecule has 0 bridgehead atoms. The first-order valence-electron chi connectivity index (χ1n) is 9.01. The molecule has 2 aliphatic rings. The quantitative estimate of drug-likeness (QED) is 0.850. The fourth-order valence-electron chi connectivity index (χ4n) is 3.83. The van der Waals surface area contributed by atoms with Gasteiger partial charge in [-0.25, -0.2) is 0 Å². The van der Waals surface area contributed by atoms with E-state index in [0.717, 1.165) is 6.42 Å². The molecule has 0 aliphatic carbocycles. The number of hydrogen-bond acceptors (Lipinski definition) is 5. The van der Waals surface area contributed by atoms with Gasteiger partial charge in [0.05, 0.1) is 26.4 Å². The van der Waals surface area contributed by atoms with Crippen LogP contribution in [0.1, 0.15) is 30.6 Å². The molecule has 6 nitrogen and oxygen atoms in total. The molecule has 25 heavy (non-hydrogen) atoms. The number of amides is 1. The minimum Gasteiger partial charge on any atom is -0.490 e. The maximum absolute atomic E-state index is 13.0. The van der Waals surface area contributed by atoms with Gasteiger partial charge < -0.3 is 24.2 Å². The Hall–Kier alpha value is -1.79. The highest BCUT2D eigenvalue weighted by molar-refractivity contribution is 5.95. The summed E-state index contributed by atoms with van der Waals surface area (Å²) in [6.07, 6.45) is 0.797. The SMILES string of the molecule is CCOc1ccc(C(=O)N2C[C@@H]3COCC[C@]3(CO)C2)cc1OCC. The van der Waals surface area contributed by atoms with Crippen LogP contribution in [-0.4, -0.2) is 62.0 Å². The average Bonchev–Trinajstić information content (AvgIpc) is 3.03. The Labute approximate surface area is 148 Å². The van der Waals surface area contributed by atoms with Crippen LogP contribution in [0.25, 0.3) is 0 Å². The highest BCUT2D eigenvalue weighted by Crippen LogP contribution is 2.42. The van der Waals surface area contributed by atoms with Crippen LogP contribution < -0.4 is 9.47 Å². The number of carbonyl (C=O) groups excluding carboxylic acids is 1. The second-order valence-electron chi connectivity index (χ2n) is 6.76. The van der Waals surface area contributed by atoms with Crippen LogP contribution in [0.15, 0.2) is 18.2 Å². The molecule has 0 unspecified atom stereocenters. The number of carbonyl (C=O) groups is 1. The number of benzene rings is 1. The van der Waals surface area contributed by atoms with Crippen molar-refractivity contribution < 1.29 is 24.1 Å². The van der Waals surface area contributed by atoms with Gasteiger partial charge in [0, 0.05) is 36.6 Å². The summed E-state index contributed by atoms with van der Waals surface area (Å²) in [5.41, 5.74) is 0.363. The first-order chi connectivity index (χ1) is 12.1. The lowest BCUT2D eigenvalue weighted by Crippen LogP contribution is -2.41. The van der Waals surface area contributed by atoms with Crippen molar-refractivity contribution >= 4 is 5.91 Å². The number of nitrogens with zero attached hydrogens (tertiary/aromatic N) is 1. The van der Waals surface area contributed by atoms with Crippen LogP contribution in [-0.2, 0) is 4.74 Å². The molecule has 2 saturated heterocycles. The molecule has 0 radical (unpaired) electrons. The summed E-state index contributed by atoms with van der Waals surface area (Å²) in [7, 11) is 0. The summed E-state index contributed by atoms with van der Waals surface area (Å²) in [5, 5.41) is 9.90. The summed E-state index contributed by atoms with van der Waals surface area (Å²) < 4.78 is 16.7. The Balaban J connectivity index is 1.80. The predicted octanol–water partition coefficient (Wildman–Crippen LogP) is 1.95. The molecule has 0 saturated carbocycles. The molecule has 1 aromatic carbocycles. The Bertz CT molecular complexity index is 620. The lowest BCUT2D eigenvalue weighted by atomic mass is 9.75. The van der Waals surface area contributed by atoms with Crippen molar-refractivity contribution in [3.63, 3.8) is 0 Å². The highest BCUT2D eigenvalue weighted by atomic mass is 16.5. The Morgan fingerprint density at radius 3 is 2.76 bits per heavy atom. The molecule has 2 aliphatic heterocycles. The Kier molecular flexibility index (Phi) is 5.49. The maximum atomic E-state index is 13.0. The second kappa shape index (κ2) is 7.62. The van der Waals surface area contributed by atoms with E-state index in [4.69, 9.17) is 14.2 Å². The van der Waals surface area contributed by atoms with E-state index in [-0.39, 0.29) is 23.8 Å². The van der Waals surface area contributed by atoms with Crippen molar-refractivity contribution in [2.24, 2.45) is 11.3 Å². The van der Waals surface area contributed by atoms with Gasteiger partial charge in [0.25, 0.3) is 5.91 Å². The number of rotatable bonds is 6. The topological polar surface area (TPSA) is 68.2 Å². The number of ether oxygens (including phenoxy) is 3. The van der Waals surface area contributed by atoms with Gasteiger partial charge in [-0.15, -0.1) is 0 Å². The summed E-state index contributed by atoms with van der Waals surface area (Å²) >= 11 is 0. The van der Waals surface area contributed by atoms with Crippen LogP contribution in [0.2, 0.25) is 0 Å². The van der Waals surface area contributed by atoms with Crippen molar-refractivity contribution in [1.82, 2.24) is 4.90 Å². The van der Waals surface area contributed by atoms with Crippen molar-refractivity contribution in [2.75, 3.05) is 46.1 Å². The normalized spacial score (nSPS) is 25.6. The number of hydrogen-bond donors (Lipinski definition) is 1. The van der Waals surface area contributed by atoms with E-state index in [1.807, 2.05) is 18.7 Å². The standard InChI is InChI=1S/C19H27NO5/c1-3-24-16-6-5-14(9-17(16)25-4-2)18(22)20-10-15-11-23-8-7-19(15,12-20)13-21/h5-6,9,15,21H,3-4,7-8,10-13H2,1-2H3/t15-,19-/m1/s1. The van der Waals surface area contributed by atoms with Crippen LogP contribution >= 0.6 is 0 Å². The van der Waals surface area contributed by atoms with Crippen molar-refractivity contribution in [3.8, 4) is 11.5 Å². The van der Waals surface area contributed by atoms with Crippen molar-refractivity contribution in [1.29, 1.82) is 0 Å². The van der Waals surface area contributed by atoms with E-state index in [1.165, 1.54) is 0 Å². The highest BCUT2D eigenvalue weighted by Gasteiger charge is 2.49. The minimum atomic E-state index is -0.220. The fourth-order valence-corrected chi connectivity index (χ4v) is 3.83. The zero-order valence-electron chi connectivity index (χ0n) is 15.0. The van der Waals surface area contributed by atoms with E-state index in [1.54, 1.807) is 18.2 Å². The summed E-state index contributed by atoms with van der Waals surface area (Å²) in [4.78, 5) is 14.8. The molecule has 0 aromatic heterocycles. The summed E-state index contributed by atoms with van der Waals surface area (Å²) in [6.45, 7) is 7.42. The molecule has 0 spiro atoms. The third-order valence-corrected chi connectivity index (χ3v) is 5.27. The number of likely N-dealkylation sites (tertiary alicyclic amines) is 1. The summed E-state index contributed by atoms with van der Waals surface area (Å²) in [5.74, 6) is 1.40. The van der Waals surface area contributed by atoms with Crippen LogP contribution in [0, 0.1) is 11.3 Å². The zero-order valence-corrected chi connectivity index (χ0v) is 15.0. The molecular formula is C19H27NO5. The average molecular weight is 349 g/mol. The number of aliphatic hydroxyl groups is 1. The van der Waals surface area contributed by atoms with Crippen LogP contribution in [0.5, 0.6) is 11.5 Å². The smallest absolute Gasteiger partial charge is 0.254 e. The lowest BCUT2D eigenvalue weighted by Gasteiger charge is -2.36. The second-order valence-corrected chi connectivity index (χ2v) is 6.76. The van der Waals surface area contributed by atoms with E-state index in [2.05, 4.69) is 0 Å². The fraction of sp³-hybridized carbons (Fsp3) is 0.632. The molecule has 1 N–H and O–H groups in total. The molecule has 138 valence electrons. The first-order valence-corrected chi connectivity index (χ1v) is 9.01. The van der Waals surface area contributed by atoms with Crippen molar-refractivity contribution in [3.05, 3.63) is 23.8 Å². The van der Waals surface area contributed by atoms with E-state index in [0.29, 0.717) is 56.6 Å². The van der Waals surface area contributed by atoms with Gasteiger partial charge in [0.1, 0.15) is 0 Å². The molecule has 2 atom stereocenters. The van der Waals surface area contributed by atoms with Gasteiger partial charge in [-0.3, -0.25) is 4.79 Å². The van der Waals surface area contributed by atoms with E-state index in [9.17, 15) is 9.90 Å². The molecule has 1 aromatic rings. The molecule has 6 heteroatoms. The van der Waals surface area contributed by atoms with E-state index < -0.39 is 0 Å². The lowest BCUT2D eigenvalue weighted by molar-refractivity contribution is -0.0415. The Morgan fingerprint density at radius 1 is 1.32 bits per heavy atom. The summed E-state index contributed by atoms with van der Waals surface area (Å²) in [6, 6.07) is 5.32. The van der Waals surface area contributed by atoms with E-state index >= 15 is 0 Å². The van der Waals surface area contributed by atoms with Gasteiger partial charge in [-0.2, -0.15) is 0 Å². The molecular weight excluding hydrogens is 322 g/mol. The third-order valence-electron chi connectivity index (χ3n) is 5.27. The molecule has 2 heterocycles. The van der Waals surface area contributed by atoms with Gasteiger partial charge in [-0.1, -0.05) is 0 Å². The number of aliphatic hydroxyl groups excluding tert-OH is 1.